The molecule has 0 radical (unpaired) electrons. The summed E-state index contributed by atoms with van der Waals surface area (Å²) in [6, 6.07) is 6.43. The number of hydrogen-bond acceptors (Lipinski definition) is 2. The summed E-state index contributed by atoms with van der Waals surface area (Å²) in [6.45, 7) is 4.84. The van der Waals surface area contributed by atoms with Gasteiger partial charge in [-0.1, -0.05) is 23.8 Å². The minimum absolute atomic E-state index is 0.625. The van der Waals surface area contributed by atoms with E-state index in [4.69, 9.17) is 5.73 Å². The van der Waals surface area contributed by atoms with Gasteiger partial charge in [-0.15, -0.1) is 0 Å². The molecule has 0 saturated heterocycles. The maximum absolute atomic E-state index is 5.50. The lowest BCUT2D eigenvalue weighted by atomic mass is 10.0. The van der Waals surface area contributed by atoms with E-state index in [2.05, 4.69) is 42.0 Å². The highest BCUT2D eigenvalue weighted by Crippen LogP contribution is 2.22. The molecule has 0 amide bonds. The van der Waals surface area contributed by atoms with Gasteiger partial charge in [0.15, 0.2) is 0 Å². The van der Waals surface area contributed by atoms with Crippen LogP contribution in [0.15, 0.2) is 24.4 Å². The number of nitrogens with two attached hydrogens (primary N) is 1. The van der Waals surface area contributed by atoms with Crippen molar-refractivity contribution in [2.45, 2.75) is 20.3 Å². The summed E-state index contributed by atoms with van der Waals surface area (Å²) in [5.41, 5.74) is 10.3. The molecule has 0 spiro atoms. The molecule has 16 heavy (non-hydrogen) atoms. The first-order valence-corrected chi connectivity index (χ1v) is 5.52. The topological polar surface area (TPSA) is 54.7 Å². The summed E-state index contributed by atoms with van der Waals surface area (Å²) in [5, 5.41) is 0. The average molecular weight is 215 g/mol. The molecule has 0 bridgehead atoms. The van der Waals surface area contributed by atoms with Crippen LogP contribution in [0, 0.1) is 13.8 Å². The van der Waals surface area contributed by atoms with E-state index < -0.39 is 0 Å². The Morgan fingerprint density at radius 1 is 1.31 bits per heavy atom. The average Bonchev–Trinajstić information content (AvgIpc) is 2.67. The highest BCUT2D eigenvalue weighted by atomic mass is 14.9. The second kappa shape index (κ2) is 4.49. The molecule has 84 valence electrons. The van der Waals surface area contributed by atoms with E-state index >= 15 is 0 Å². The molecule has 0 aliphatic carbocycles. The first-order valence-electron chi connectivity index (χ1n) is 5.52. The first-order chi connectivity index (χ1) is 7.70. The number of nitrogens with zero attached hydrogens (tertiary/aromatic N) is 1. The van der Waals surface area contributed by atoms with Gasteiger partial charge in [0.2, 0.25) is 0 Å². The van der Waals surface area contributed by atoms with Crippen LogP contribution in [-0.2, 0) is 6.42 Å². The Bertz CT molecular complexity index is 486. The summed E-state index contributed by atoms with van der Waals surface area (Å²) in [4.78, 5) is 7.61. The van der Waals surface area contributed by atoms with Gasteiger partial charge in [0.1, 0.15) is 5.82 Å². The number of hydrogen-bond donors (Lipinski definition) is 2. The largest absolute Gasteiger partial charge is 0.342 e. The van der Waals surface area contributed by atoms with E-state index in [0.29, 0.717) is 6.54 Å². The number of aromatic amines is 1. The van der Waals surface area contributed by atoms with Crippen LogP contribution in [0.3, 0.4) is 0 Å². The van der Waals surface area contributed by atoms with Crippen molar-refractivity contribution in [3.05, 3.63) is 41.3 Å². The monoisotopic (exact) mass is 215 g/mol. The zero-order chi connectivity index (χ0) is 11.5. The van der Waals surface area contributed by atoms with Crippen molar-refractivity contribution in [3.8, 4) is 11.3 Å². The zero-order valence-corrected chi connectivity index (χ0v) is 9.75. The predicted molar refractivity (Wildman–Crippen MR) is 66.3 cm³/mol. The third kappa shape index (κ3) is 2.14. The molecule has 0 saturated carbocycles. The number of H-pyrrole nitrogens is 1. The molecule has 1 aromatic heterocycles. The second-order valence-corrected chi connectivity index (χ2v) is 4.10. The normalized spacial score (nSPS) is 10.7. The van der Waals surface area contributed by atoms with Gasteiger partial charge in [-0.25, -0.2) is 4.98 Å². The Hall–Kier alpha value is -1.61. The minimum Gasteiger partial charge on any atom is -0.342 e. The lowest BCUT2D eigenvalue weighted by Gasteiger charge is -2.04. The number of rotatable bonds is 3. The van der Waals surface area contributed by atoms with Crippen LogP contribution in [0.2, 0.25) is 0 Å². The van der Waals surface area contributed by atoms with Crippen molar-refractivity contribution < 1.29 is 0 Å². The van der Waals surface area contributed by atoms with E-state index in [1.807, 2.05) is 6.20 Å². The van der Waals surface area contributed by atoms with Crippen molar-refractivity contribution in [2.24, 2.45) is 5.73 Å². The van der Waals surface area contributed by atoms with Gasteiger partial charge in [0.05, 0.1) is 11.9 Å². The molecule has 0 unspecified atom stereocenters. The van der Waals surface area contributed by atoms with Gasteiger partial charge in [-0.05, 0) is 26.0 Å². The molecule has 3 N–H and O–H groups in total. The van der Waals surface area contributed by atoms with E-state index in [0.717, 1.165) is 17.9 Å². The Kier molecular flexibility index (Phi) is 3.06. The Morgan fingerprint density at radius 3 is 2.81 bits per heavy atom. The van der Waals surface area contributed by atoms with Crippen molar-refractivity contribution in [2.75, 3.05) is 6.54 Å². The summed E-state index contributed by atoms with van der Waals surface area (Å²) in [7, 11) is 0. The molecule has 0 fully saturated rings. The third-order valence-electron chi connectivity index (χ3n) is 2.68. The van der Waals surface area contributed by atoms with Gasteiger partial charge < -0.3 is 10.7 Å². The second-order valence-electron chi connectivity index (χ2n) is 4.10. The summed E-state index contributed by atoms with van der Waals surface area (Å²) in [5.74, 6) is 0.956. The molecule has 3 heteroatoms. The van der Waals surface area contributed by atoms with Crippen LogP contribution < -0.4 is 5.73 Å². The molecule has 0 aliphatic rings. The van der Waals surface area contributed by atoms with Crippen molar-refractivity contribution in [1.29, 1.82) is 0 Å². The maximum atomic E-state index is 5.50. The first kappa shape index (κ1) is 10.9. The van der Waals surface area contributed by atoms with Gasteiger partial charge in [-0.2, -0.15) is 0 Å². The van der Waals surface area contributed by atoms with E-state index in [1.165, 1.54) is 16.7 Å². The molecule has 2 rings (SSSR count). The standard InChI is InChI=1S/C13H17N3/c1-9-3-4-11(10(2)7-9)12-8-15-13(16-12)5-6-14/h3-4,7-8H,5-6,14H2,1-2H3,(H,15,16). The number of aryl methyl sites for hydroxylation is 2. The van der Waals surface area contributed by atoms with Crippen molar-refractivity contribution >= 4 is 0 Å². The molecule has 1 heterocycles. The Balaban J connectivity index is 2.35. The van der Waals surface area contributed by atoms with Crippen LogP contribution in [0.5, 0.6) is 0 Å². The van der Waals surface area contributed by atoms with Gasteiger partial charge >= 0.3 is 0 Å². The Morgan fingerprint density at radius 2 is 2.12 bits per heavy atom. The van der Waals surface area contributed by atoms with Crippen LogP contribution in [0.25, 0.3) is 11.3 Å². The fourth-order valence-corrected chi connectivity index (χ4v) is 1.88. The third-order valence-corrected chi connectivity index (χ3v) is 2.68. The quantitative estimate of drug-likeness (QED) is 0.824. The fourth-order valence-electron chi connectivity index (χ4n) is 1.88. The number of imidazole rings is 1. The lowest BCUT2D eigenvalue weighted by Crippen LogP contribution is -2.03. The summed E-state index contributed by atoms with van der Waals surface area (Å²) >= 11 is 0. The van der Waals surface area contributed by atoms with Crippen LogP contribution in [0.4, 0.5) is 0 Å². The minimum atomic E-state index is 0.625. The summed E-state index contributed by atoms with van der Waals surface area (Å²) in [6.07, 6.45) is 2.67. The SMILES string of the molecule is Cc1ccc(-c2cnc(CCN)[nH]2)c(C)c1. The van der Waals surface area contributed by atoms with Crippen LogP contribution in [0.1, 0.15) is 17.0 Å². The molecule has 0 atom stereocenters. The maximum Gasteiger partial charge on any atom is 0.107 e. The summed E-state index contributed by atoms with van der Waals surface area (Å²) < 4.78 is 0. The molecule has 3 nitrogen and oxygen atoms in total. The smallest absolute Gasteiger partial charge is 0.107 e. The molecule has 0 aliphatic heterocycles. The van der Waals surface area contributed by atoms with Gasteiger partial charge in [0.25, 0.3) is 0 Å². The van der Waals surface area contributed by atoms with Gasteiger partial charge in [-0.3, -0.25) is 0 Å². The van der Waals surface area contributed by atoms with E-state index in [-0.39, 0.29) is 0 Å². The lowest BCUT2D eigenvalue weighted by molar-refractivity contribution is 0.895. The molecular formula is C13H17N3. The van der Waals surface area contributed by atoms with Crippen molar-refractivity contribution in [3.63, 3.8) is 0 Å². The Labute approximate surface area is 95.7 Å². The van der Waals surface area contributed by atoms with Gasteiger partial charge in [0, 0.05) is 12.0 Å². The molecule has 2 aromatic rings. The molecule has 1 aromatic carbocycles. The highest BCUT2D eigenvalue weighted by Gasteiger charge is 2.05. The fraction of sp³-hybridized carbons (Fsp3) is 0.308. The predicted octanol–water partition coefficient (Wildman–Crippen LogP) is 2.19. The van der Waals surface area contributed by atoms with E-state index in [9.17, 15) is 0 Å². The number of aromatic nitrogens is 2. The van der Waals surface area contributed by atoms with Crippen molar-refractivity contribution in [1.82, 2.24) is 9.97 Å². The zero-order valence-electron chi connectivity index (χ0n) is 9.75. The number of nitrogens with one attached hydrogen (secondary N) is 1. The van der Waals surface area contributed by atoms with Crippen LogP contribution >= 0.6 is 0 Å². The van der Waals surface area contributed by atoms with Crippen LogP contribution in [-0.4, -0.2) is 16.5 Å². The highest BCUT2D eigenvalue weighted by molar-refractivity contribution is 5.63. The van der Waals surface area contributed by atoms with E-state index in [1.54, 1.807) is 0 Å². The molecular weight excluding hydrogens is 198 g/mol. The number of benzene rings is 1.